The first-order valence-corrected chi connectivity index (χ1v) is 8.17. The van der Waals surface area contributed by atoms with Gasteiger partial charge in [0.2, 0.25) is 0 Å². The molecular weight excluding hydrogens is 277 g/mol. The van der Waals surface area contributed by atoms with E-state index in [1.54, 1.807) is 0 Å². The molecule has 2 unspecified atom stereocenters. The quantitative estimate of drug-likeness (QED) is 0.820. The highest BCUT2D eigenvalue weighted by atomic mass is 35.5. The molecule has 3 heteroatoms. The molecule has 1 saturated heterocycles. The van der Waals surface area contributed by atoms with E-state index in [1.807, 2.05) is 12.1 Å². The number of hydrogen-bond donors (Lipinski definition) is 1. The van der Waals surface area contributed by atoms with E-state index < -0.39 is 0 Å². The van der Waals surface area contributed by atoms with Gasteiger partial charge in [-0.1, -0.05) is 55.0 Å². The van der Waals surface area contributed by atoms with Gasteiger partial charge in [0.1, 0.15) is 0 Å². The van der Waals surface area contributed by atoms with E-state index in [4.69, 9.17) is 23.2 Å². The Balaban J connectivity index is 1.86. The fourth-order valence-electron chi connectivity index (χ4n) is 3.95. The first-order valence-electron chi connectivity index (χ1n) is 7.41. The van der Waals surface area contributed by atoms with Gasteiger partial charge in [-0.25, -0.2) is 0 Å². The van der Waals surface area contributed by atoms with Crippen LogP contribution < -0.4 is 5.32 Å². The second kappa shape index (κ2) is 6.03. The summed E-state index contributed by atoms with van der Waals surface area (Å²) in [5.41, 5.74) is 1.31. The van der Waals surface area contributed by atoms with Gasteiger partial charge in [-0.05, 0) is 55.0 Å². The van der Waals surface area contributed by atoms with Crippen LogP contribution in [0, 0.1) is 11.8 Å². The van der Waals surface area contributed by atoms with Gasteiger partial charge in [0.25, 0.3) is 0 Å². The minimum Gasteiger partial charge on any atom is -0.316 e. The molecule has 1 aliphatic carbocycles. The minimum atomic E-state index is 0.606. The van der Waals surface area contributed by atoms with Crippen LogP contribution in [0.4, 0.5) is 0 Å². The summed E-state index contributed by atoms with van der Waals surface area (Å²) < 4.78 is 0. The summed E-state index contributed by atoms with van der Waals surface area (Å²) in [5.74, 6) is 2.23. The van der Waals surface area contributed by atoms with E-state index in [0.29, 0.717) is 5.92 Å². The van der Waals surface area contributed by atoms with Crippen LogP contribution >= 0.6 is 23.2 Å². The van der Waals surface area contributed by atoms with E-state index in [-0.39, 0.29) is 0 Å². The molecule has 0 radical (unpaired) electrons. The maximum absolute atomic E-state index is 6.43. The summed E-state index contributed by atoms with van der Waals surface area (Å²) in [4.78, 5) is 0. The van der Waals surface area contributed by atoms with E-state index in [1.165, 1.54) is 37.7 Å². The highest BCUT2D eigenvalue weighted by Gasteiger charge is 2.34. The van der Waals surface area contributed by atoms with Crippen molar-refractivity contribution in [3.8, 4) is 0 Å². The van der Waals surface area contributed by atoms with Crippen molar-refractivity contribution in [3.63, 3.8) is 0 Å². The van der Waals surface area contributed by atoms with Gasteiger partial charge < -0.3 is 5.32 Å². The normalized spacial score (nSPS) is 28.7. The number of benzene rings is 1. The fourth-order valence-corrected chi connectivity index (χ4v) is 4.50. The molecule has 3 rings (SSSR count). The minimum absolute atomic E-state index is 0.606. The van der Waals surface area contributed by atoms with Crippen molar-refractivity contribution in [2.24, 2.45) is 11.8 Å². The highest BCUT2D eigenvalue weighted by molar-refractivity contribution is 6.35. The van der Waals surface area contributed by atoms with E-state index in [9.17, 15) is 0 Å². The van der Waals surface area contributed by atoms with E-state index in [2.05, 4.69) is 11.4 Å². The van der Waals surface area contributed by atoms with Gasteiger partial charge >= 0.3 is 0 Å². The molecule has 1 aromatic rings. The lowest BCUT2D eigenvalue weighted by molar-refractivity contribution is 0.231. The van der Waals surface area contributed by atoms with Gasteiger partial charge in [-0.2, -0.15) is 0 Å². The predicted octanol–water partition coefficient (Wildman–Crippen LogP) is 4.88. The standard InChI is InChI=1S/C16H21Cl2N/c17-12-5-6-14(16(18)9-12)13-7-8-19-10-15(13)11-3-1-2-4-11/h5-6,9,11,13,15,19H,1-4,7-8,10H2. The summed E-state index contributed by atoms with van der Waals surface area (Å²) in [6.07, 6.45) is 6.80. The molecule has 19 heavy (non-hydrogen) atoms. The summed E-state index contributed by atoms with van der Waals surface area (Å²) >= 11 is 12.5. The number of piperidine rings is 1. The van der Waals surface area contributed by atoms with Crippen LogP contribution in [0.15, 0.2) is 18.2 Å². The SMILES string of the molecule is Clc1ccc(C2CCNCC2C2CCCC2)c(Cl)c1. The number of hydrogen-bond acceptors (Lipinski definition) is 1. The van der Waals surface area contributed by atoms with E-state index in [0.717, 1.165) is 35.0 Å². The topological polar surface area (TPSA) is 12.0 Å². The first-order chi connectivity index (χ1) is 9.25. The van der Waals surface area contributed by atoms with Gasteiger partial charge in [0, 0.05) is 10.0 Å². The molecule has 2 atom stereocenters. The second-order valence-corrected chi connectivity index (χ2v) is 6.82. The maximum atomic E-state index is 6.43. The van der Waals surface area contributed by atoms with Crippen LogP contribution in [0.3, 0.4) is 0 Å². The van der Waals surface area contributed by atoms with Crippen LogP contribution in [0.2, 0.25) is 10.0 Å². The van der Waals surface area contributed by atoms with Crippen molar-refractivity contribution in [2.75, 3.05) is 13.1 Å². The lowest BCUT2D eigenvalue weighted by atomic mass is 9.73. The molecule has 1 N–H and O–H groups in total. The molecule has 2 aliphatic rings. The predicted molar refractivity (Wildman–Crippen MR) is 82.1 cm³/mol. The van der Waals surface area contributed by atoms with Gasteiger partial charge in [-0.3, -0.25) is 0 Å². The Morgan fingerprint density at radius 1 is 1.05 bits per heavy atom. The molecule has 0 aromatic heterocycles. The lowest BCUT2D eigenvalue weighted by Gasteiger charge is -2.37. The Labute approximate surface area is 125 Å². The van der Waals surface area contributed by atoms with Crippen LogP contribution in [0.5, 0.6) is 0 Å². The average molecular weight is 298 g/mol. The lowest BCUT2D eigenvalue weighted by Crippen LogP contribution is -2.38. The van der Waals surface area contributed by atoms with Crippen molar-refractivity contribution in [3.05, 3.63) is 33.8 Å². The van der Waals surface area contributed by atoms with Crippen molar-refractivity contribution in [1.82, 2.24) is 5.32 Å². The van der Waals surface area contributed by atoms with Crippen LogP contribution in [-0.4, -0.2) is 13.1 Å². The molecule has 1 heterocycles. The van der Waals surface area contributed by atoms with Crippen molar-refractivity contribution in [1.29, 1.82) is 0 Å². The molecule has 1 aliphatic heterocycles. The zero-order valence-corrected chi connectivity index (χ0v) is 12.7. The molecule has 2 fully saturated rings. The average Bonchev–Trinajstić information content (AvgIpc) is 2.93. The third-order valence-electron chi connectivity index (χ3n) is 4.90. The summed E-state index contributed by atoms with van der Waals surface area (Å²) in [6.45, 7) is 2.25. The zero-order chi connectivity index (χ0) is 13.2. The van der Waals surface area contributed by atoms with Gasteiger partial charge in [-0.15, -0.1) is 0 Å². The van der Waals surface area contributed by atoms with Gasteiger partial charge in [0.05, 0.1) is 0 Å². The summed E-state index contributed by atoms with van der Waals surface area (Å²) in [6, 6.07) is 6.02. The number of halogens is 2. The molecule has 0 amide bonds. The smallest absolute Gasteiger partial charge is 0.0455 e. The third-order valence-corrected chi connectivity index (χ3v) is 5.46. The van der Waals surface area contributed by atoms with Gasteiger partial charge in [0.15, 0.2) is 0 Å². The molecular formula is C16H21Cl2N. The largest absolute Gasteiger partial charge is 0.316 e. The maximum Gasteiger partial charge on any atom is 0.0455 e. The molecule has 1 saturated carbocycles. The Hall–Kier alpha value is -0.240. The summed E-state index contributed by atoms with van der Waals surface area (Å²) in [7, 11) is 0. The second-order valence-electron chi connectivity index (χ2n) is 5.97. The first kappa shape index (κ1) is 13.7. The van der Waals surface area contributed by atoms with Crippen LogP contribution in [0.25, 0.3) is 0 Å². The monoisotopic (exact) mass is 297 g/mol. The summed E-state index contributed by atoms with van der Waals surface area (Å²) in [5, 5.41) is 5.16. The molecule has 104 valence electrons. The molecule has 1 nitrogen and oxygen atoms in total. The van der Waals surface area contributed by atoms with Crippen LogP contribution in [0.1, 0.15) is 43.6 Å². The molecule has 1 aromatic carbocycles. The Morgan fingerprint density at radius 2 is 1.84 bits per heavy atom. The fraction of sp³-hybridized carbons (Fsp3) is 0.625. The third kappa shape index (κ3) is 2.94. The Bertz CT molecular complexity index is 440. The van der Waals surface area contributed by atoms with Crippen molar-refractivity contribution in [2.45, 2.75) is 38.0 Å². The van der Waals surface area contributed by atoms with E-state index >= 15 is 0 Å². The van der Waals surface area contributed by atoms with Crippen molar-refractivity contribution < 1.29 is 0 Å². The van der Waals surface area contributed by atoms with Crippen molar-refractivity contribution >= 4 is 23.2 Å². The molecule has 0 bridgehead atoms. The number of nitrogens with one attached hydrogen (secondary N) is 1. The number of rotatable bonds is 2. The molecule has 0 spiro atoms. The Kier molecular flexibility index (Phi) is 4.36. The van der Waals surface area contributed by atoms with Crippen LogP contribution in [-0.2, 0) is 0 Å². The Morgan fingerprint density at radius 3 is 2.58 bits per heavy atom. The highest BCUT2D eigenvalue weighted by Crippen LogP contribution is 2.43. The zero-order valence-electron chi connectivity index (χ0n) is 11.2.